The van der Waals surface area contributed by atoms with E-state index in [1.54, 1.807) is 5.17 Å². The van der Waals surface area contributed by atoms with Crippen molar-refractivity contribution in [3.05, 3.63) is 58.7 Å². The van der Waals surface area contributed by atoms with Crippen LogP contribution in [-0.4, -0.2) is 36.6 Å². The van der Waals surface area contributed by atoms with Crippen LogP contribution in [0, 0.1) is 0 Å². The van der Waals surface area contributed by atoms with Gasteiger partial charge in [-0.3, -0.25) is 0 Å². The van der Waals surface area contributed by atoms with E-state index in [2.05, 4.69) is 105 Å². The fourth-order valence-electron chi connectivity index (χ4n) is 2.61. The Morgan fingerprint density at radius 3 is 1.65 bits per heavy atom. The Hall–Kier alpha value is -0.447. The molecule has 0 aliphatic heterocycles. The Labute approximate surface area is 180 Å². The van der Waals surface area contributed by atoms with Crippen molar-refractivity contribution >= 4 is 36.6 Å². The summed E-state index contributed by atoms with van der Waals surface area (Å²) >= 11 is 0. The van der Waals surface area contributed by atoms with Gasteiger partial charge >= 0.3 is 23.1 Å². The van der Waals surface area contributed by atoms with Gasteiger partial charge in [0.15, 0.2) is 0 Å². The topological polar surface area (TPSA) is 0 Å². The summed E-state index contributed by atoms with van der Waals surface area (Å²) in [6.45, 7) is 22.7. The minimum Gasteiger partial charge on any atom is -0.207 e. The van der Waals surface area contributed by atoms with Crippen LogP contribution in [0.4, 0.5) is 0 Å². The second-order valence-corrected chi connectivity index (χ2v) is 12.1. The zero-order valence-corrected chi connectivity index (χ0v) is 21.3. The third-order valence-corrected chi connectivity index (χ3v) is 6.68. The molecule has 2 heteroatoms. The van der Waals surface area contributed by atoms with Crippen LogP contribution in [0.3, 0.4) is 0 Å². The number of hydrogen-bond donors (Lipinski definition) is 0. The first kappa shape index (κ1) is 25.6. The zero-order valence-electron chi connectivity index (χ0n) is 18.9. The molecule has 0 N–H and O–H groups in total. The molecule has 0 amide bonds. The number of aryl methyl sites for hydroxylation is 1. The van der Waals surface area contributed by atoms with E-state index in [4.69, 9.17) is 0 Å². The first-order chi connectivity index (χ1) is 11.4. The van der Waals surface area contributed by atoms with Crippen LogP contribution in [0.2, 0.25) is 13.1 Å². The summed E-state index contributed by atoms with van der Waals surface area (Å²) in [5, 5.41) is 1.59. The Morgan fingerprint density at radius 1 is 0.885 bits per heavy atom. The largest absolute Gasteiger partial charge is 2.00 e. The Balaban J connectivity index is 0.000000475. The molecule has 2 aromatic rings. The van der Waals surface area contributed by atoms with Gasteiger partial charge in [-0.1, -0.05) is 85.7 Å². The number of rotatable bonds is 2. The Kier molecular flexibility index (Phi) is 10.0. The van der Waals surface area contributed by atoms with Crippen molar-refractivity contribution in [2.24, 2.45) is 0 Å². The molecule has 0 fully saturated rings. The van der Waals surface area contributed by atoms with E-state index in [1.807, 2.05) is 0 Å². The molecule has 0 saturated heterocycles. The molecule has 0 atom stereocenters. The summed E-state index contributed by atoms with van der Waals surface area (Å²) in [4.78, 5) is 0. The minimum absolute atomic E-state index is 0. The smallest absolute Gasteiger partial charge is 0.207 e. The van der Waals surface area contributed by atoms with Crippen LogP contribution in [-0.2, 0) is 17.3 Å². The van der Waals surface area contributed by atoms with Crippen molar-refractivity contribution in [1.29, 1.82) is 0 Å². The van der Waals surface area contributed by atoms with E-state index in [0.717, 1.165) is 6.42 Å². The van der Waals surface area contributed by atoms with Gasteiger partial charge in [-0.25, -0.2) is 6.07 Å². The van der Waals surface area contributed by atoms with Crippen molar-refractivity contribution in [3.8, 4) is 0 Å². The number of hydrogen-bond acceptors (Lipinski definition) is 0. The molecule has 0 aliphatic rings. The first-order valence-corrected chi connectivity index (χ1v) is 12.0. The van der Waals surface area contributed by atoms with Gasteiger partial charge in [0.05, 0.1) is 0 Å². The van der Waals surface area contributed by atoms with E-state index in [9.17, 15) is 0 Å². The van der Waals surface area contributed by atoms with Crippen molar-refractivity contribution < 1.29 is 0 Å². The van der Waals surface area contributed by atoms with E-state index < -0.39 is 0 Å². The molecule has 2 aromatic carbocycles. The molecule has 0 saturated carbocycles. The standard InChI is InChI=1S/C13H21Si.C11H17.Mg/c1-10(14(5)6)11-7-8-12(9-11)13(2,3)4;1-5-9-6-7-10(8-9)11(2,3)4;/h7-9H,1-6H3;6-8H,5H2,1-4H3;/q2*-1;+2. The van der Waals surface area contributed by atoms with Gasteiger partial charge in [0.1, 0.15) is 0 Å². The van der Waals surface area contributed by atoms with Crippen LogP contribution in [0.15, 0.2) is 36.4 Å². The van der Waals surface area contributed by atoms with Crippen molar-refractivity contribution in [2.75, 3.05) is 0 Å². The van der Waals surface area contributed by atoms with Crippen molar-refractivity contribution in [3.63, 3.8) is 0 Å². The zero-order chi connectivity index (χ0) is 19.4. The molecule has 0 spiro atoms. The van der Waals surface area contributed by atoms with Crippen LogP contribution < -0.4 is 0 Å². The van der Waals surface area contributed by atoms with Gasteiger partial charge in [-0.15, -0.1) is 17.3 Å². The fraction of sp³-hybridized carbons (Fsp3) is 0.542. The summed E-state index contributed by atoms with van der Waals surface area (Å²) in [5.74, 6) is 0. The van der Waals surface area contributed by atoms with Crippen LogP contribution in [0.1, 0.15) is 77.6 Å². The molecule has 26 heavy (non-hydrogen) atoms. The molecule has 0 heterocycles. The van der Waals surface area contributed by atoms with Crippen LogP contribution in [0.5, 0.6) is 0 Å². The van der Waals surface area contributed by atoms with Crippen molar-refractivity contribution in [2.45, 2.75) is 85.7 Å². The van der Waals surface area contributed by atoms with E-state index in [0.29, 0.717) is 5.41 Å². The monoisotopic (exact) mass is 378 g/mol. The average molecular weight is 379 g/mol. The Bertz CT molecular complexity index is 695. The van der Waals surface area contributed by atoms with Gasteiger partial charge in [0.2, 0.25) is 0 Å². The molecule has 0 aliphatic carbocycles. The molecular formula is C24H38MgSi. The maximum atomic E-state index is 2.35. The molecular weight excluding hydrogens is 341 g/mol. The second kappa shape index (κ2) is 10.2. The summed E-state index contributed by atoms with van der Waals surface area (Å²) in [7, 11) is -0.280. The maximum Gasteiger partial charge on any atom is 2.00 e. The fourth-order valence-corrected chi connectivity index (χ4v) is 3.34. The minimum atomic E-state index is -0.280. The molecule has 0 aromatic heterocycles. The van der Waals surface area contributed by atoms with Gasteiger partial charge in [-0.05, 0) is 8.41 Å². The predicted molar refractivity (Wildman–Crippen MR) is 124 cm³/mol. The summed E-state index contributed by atoms with van der Waals surface area (Å²) in [5.41, 5.74) is 6.41. The van der Waals surface area contributed by atoms with Crippen LogP contribution >= 0.6 is 0 Å². The van der Waals surface area contributed by atoms with Gasteiger partial charge in [0, 0.05) is 0 Å². The van der Waals surface area contributed by atoms with Crippen LogP contribution in [0.25, 0.3) is 0 Å². The van der Waals surface area contributed by atoms with E-state index >= 15 is 0 Å². The normalized spacial score (nSPS) is 11.3. The predicted octanol–water partition coefficient (Wildman–Crippen LogP) is 6.46. The molecule has 0 radical (unpaired) electrons. The van der Waals surface area contributed by atoms with Gasteiger partial charge < -0.3 is 0 Å². The molecule has 140 valence electrons. The first-order valence-electron chi connectivity index (χ1n) is 9.54. The summed E-state index contributed by atoms with van der Waals surface area (Å²) in [6.07, 6.45) is 1.15. The molecule has 0 bridgehead atoms. The second-order valence-electron chi connectivity index (χ2n) is 9.37. The van der Waals surface area contributed by atoms with Crippen molar-refractivity contribution in [1.82, 2.24) is 0 Å². The van der Waals surface area contributed by atoms with E-state index in [-0.39, 0.29) is 36.9 Å². The molecule has 0 unspecified atom stereocenters. The maximum absolute atomic E-state index is 2.35. The van der Waals surface area contributed by atoms with Gasteiger partial charge in [-0.2, -0.15) is 40.5 Å². The SMILES string of the molecule is CC(c1cc(C(C)(C)C)c[cH-]1)=[Si](C)C.CCc1cc(C(C)(C)C)c[cH-]1.[Mg+2]. The summed E-state index contributed by atoms with van der Waals surface area (Å²) < 4.78 is 0. The quantitative estimate of drug-likeness (QED) is 0.415. The third kappa shape index (κ3) is 7.66. The van der Waals surface area contributed by atoms with Gasteiger partial charge in [0.25, 0.3) is 0 Å². The molecule has 2 rings (SSSR count). The third-order valence-electron chi connectivity index (χ3n) is 4.89. The van der Waals surface area contributed by atoms with E-state index in [1.165, 1.54) is 22.3 Å². The average Bonchev–Trinajstić information content (AvgIpc) is 3.15. The Morgan fingerprint density at radius 2 is 1.35 bits per heavy atom. The molecule has 0 nitrogen and oxygen atoms in total. The summed E-state index contributed by atoms with van der Waals surface area (Å²) in [6, 6.07) is 13.7.